The highest BCUT2D eigenvalue weighted by atomic mass is 16.3. The highest BCUT2D eigenvalue weighted by molar-refractivity contribution is 5.51. The van der Waals surface area contributed by atoms with Crippen molar-refractivity contribution in [2.24, 2.45) is 0 Å². The average molecular weight is 271 g/mol. The first-order chi connectivity index (χ1) is 9.58. The fourth-order valence-corrected chi connectivity index (χ4v) is 3.42. The van der Waals surface area contributed by atoms with Crippen molar-refractivity contribution in [2.45, 2.75) is 45.2 Å². The first-order valence-electron chi connectivity index (χ1n) is 7.19. The summed E-state index contributed by atoms with van der Waals surface area (Å²) in [4.78, 5) is 0. The Morgan fingerprint density at radius 3 is 2.80 bits per heavy atom. The van der Waals surface area contributed by atoms with Crippen LogP contribution < -0.4 is 5.32 Å². The molecule has 3 nitrogen and oxygen atoms in total. The van der Waals surface area contributed by atoms with Gasteiger partial charge < -0.3 is 14.8 Å². The smallest absolute Gasteiger partial charge is 0.120 e. The maximum Gasteiger partial charge on any atom is 0.120 e. The number of aromatic hydroxyl groups is 1. The Labute approximate surface area is 119 Å². The lowest BCUT2D eigenvalue weighted by molar-refractivity contribution is 0.377. The highest BCUT2D eigenvalue weighted by Gasteiger charge is 2.33. The van der Waals surface area contributed by atoms with E-state index in [0.717, 1.165) is 17.7 Å². The molecule has 1 aromatic carbocycles. The molecule has 0 amide bonds. The van der Waals surface area contributed by atoms with Crippen LogP contribution in [0.25, 0.3) is 0 Å². The molecule has 0 aliphatic heterocycles. The van der Waals surface area contributed by atoms with E-state index in [1.807, 2.05) is 18.2 Å². The van der Waals surface area contributed by atoms with Gasteiger partial charge in [-0.1, -0.05) is 13.0 Å². The topological polar surface area (TPSA) is 45.4 Å². The normalized spacial score (nSPS) is 22.8. The molecule has 3 unspecified atom stereocenters. The number of phenolic OH excluding ortho intramolecular Hbond substituents is 1. The average Bonchev–Trinajstić information content (AvgIpc) is 3.03. The third-order valence-electron chi connectivity index (χ3n) is 4.33. The zero-order chi connectivity index (χ0) is 14.3. The Morgan fingerprint density at radius 2 is 2.10 bits per heavy atom. The van der Waals surface area contributed by atoms with Crippen molar-refractivity contribution in [1.29, 1.82) is 0 Å². The Bertz CT molecular complexity index is 604. The summed E-state index contributed by atoms with van der Waals surface area (Å²) >= 11 is 0. The van der Waals surface area contributed by atoms with Crippen molar-refractivity contribution in [3.8, 4) is 5.75 Å². The molecule has 3 rings (SSSR count). The molecule has 2 N–H and O–H groups in total. The number of furan rings is 1. The van der Waals surface area contributed by atoms with Crippen molar-refractivity contribution in [3.63, 3.8) is 0 Å². The minimum atomic E-state index is 0.132. The van der Waals surface area contributed by atoms with Crippen molar-refractivity contribution in [2.75, 3.05) is 0 Å². The van der Waals surface area contributed by atoms with Gasteiger partial charge in [0.25, 0.3) is 0 Å². The molecule has 0 spiro atoms. The molecule has 0 bridgehead atoms. The van der Waals surface area contributed by atoms with Crippen LogP contribution >= 0.6 is 0 Å². The van der Waals surface area contributed by atoms with Gasteiger partial charge in [-0.2, -0.15) is 0 Å². The summed E-state index contributed by atoms with van der Waals surface area (Å²) in [6.07, 6.45) is 2.71. The molecule has 1 aliphatic carbocycles. The Kier molecular flexibility index (Phi) is 3.30. The van der Waals surface area contributed by atoms with Crippen molar-refractivity contribution in [1.82, 2.24) is 5.32 Å². The van der Waals surface area contributed by atoms with Crippen LogP contribution in [-0.2, 0) is 0 Å². The van der Waals surface area contributed by atoms with Crippen molar-refractivity contribution < 1.29 is 9.52 Å². The summed E-state index contributed by atoms with van der Waals surface area (Å²) in [7, 11) is 0. The van der Waals surface area contributed by atoms with Gasteiger partial charge in [-0.05, 0) is 55.5 Å². The number of hydrogen-bond acceptors (Lipinski definition) is 3. The summed E-state index contributed by atoms with van der Waals surface area (Å²) in [5.74, 6) is 1.80. The van der Waals surface area contributed by atoms with Gasteiger partial charge in [0.15, 0.2) is 0 Å². The molecule has 2 aromatic rings. The number of fused-ring (bicyclic) bond motifs is 1. The van der Waals surface area contributed by atoms with Crippen LogP contribution in [0.5, 0.6) is 5.75 Å². The number of rotatable bonds is 3. The lowest BCUT2D eigenvalue weighted by Crippen LogP contribution is -2.22. The van der Waals surface area contributed by atoms with Crippen LogP contribution in [0, 0.1) is 6.92 Å². The second-order valence-corrected chi connectivity index (χ2v) is 5.82. The molecule has 1 aliphatic rings. The molecule has 3 heteroatoms. The molecular weight excluding hydrogens is 250 g/mol. The fourth-order valence-electron chi connectivity index (χ4n) is 3.42. The van der Waals surface area contributed by atoms with E-state index < -0.39 is 0 Å². The molecule has 0 radical (unpaired) electrons. The highest BCUT2D eigenvalue weighted by Crippen LogP contribution is 2.46. The zero-order valence-electron chi connectivity index (χ0n) is 12.2. The third-order valence-corrected chi connectivity index (χ3v) is 4.33. The standard InChI is InChI=1S/C17H21NO2/c1-10-6-7-14(19)17-13(9-11(2)16(10)17)18-12(3)15-5-4-8-20-15/h4-8,11-13,18-19H,9H2,1-3H3. The number of phenols is 1. The molecule has 0 fully saturated rings. The number of benzene rings is 1. The van der Waals surface area contributed by atoms with Gasteiger partial charge in [0.2, 0.25) is 0 Å². The minimum absolute atomic E-state index is 0.132. The van der Waals surface area contributed by atoms with Crippen LogP contribution in [-0.4, -0.2) is 5.11 Å². The third kappa shape index (κ3) is 2.12. The lowest BCUT2D eigenvalue weighted by Gasteiger charge is -2.20. The first kappa shape index (κ1) is 13.3. The van der Waals surface area contributed by atoms with E-state index in [0.29, 0.717) is 11.7 Å². The van der Waals surface area contributed by atoms with E-state index in [-0.39, 0.29) is 12.1 Å². The zero-order valence-corrected chi connectivity index (χ0v) is 12.2. The maximum absolute atomic E-state index is 10.2. The molecule has 1 aromatic heterocycles. The van der Waals surface area contributed by atoms with E-state index in [1.54, 1.807) is 12.3 Å². The van der Waals surface area contributed by atoms with Gasteiger partial charge in [0, 0.05) is 11.6 Å². The van der Waals surface area contributed by atoms with Crippen LogP contribution in [0.15, 0.2) is 34.9 Å². The van der Waals surface area contributed by atoms with Crippen LogP contribution in [0.1, 0.15) is 60.7 Å². The second kappa shape index (κ2) is 4.98. The lowest BCUT2D eigenvalue weighted by atomic mass is 9.97. The Balaban J connectivity index is 1.90. The van der Waals surface area contributed by atoms with Gasteiger partial charge in [0.05, 0.1) is 12.3 Å². The van der Waals surface area contributed by atoms with E-state index in [2.05, 4.69) is 26.1 Å². The SMILES string of the molecule is Cc1ccc(O)c2c1C(C)CC2NC(C)c1ccco1. The van der Waals surface area contributed by atoms with Crippen LogP contribution in [0.3, 0.4) is 0 Å². The van der Waals surface area contributed by atoms with Gasteiger partial charge in [-0.3, -0.25) is 0 Å². The van der Waals surface area contributed by atoms with E-state index in [1.165, 1.54) is 11.1 Å². The molecule has 1 heterocycles. The quantitative estimate of drug-likeness (QED) is 0.879. The van der Waals surface area contributed by atoms with Crippen molar-refractivity contribution in [3.05, 3.63) is 53.0 Å². The van der Waals surface area contributed by atoms with Gasteiger partial charge in [0.1, 0.15) is 11.5 Å². The van der Waals surface area contributed by atoms with Gasteiger partial charge in [-0.25, -0.2) is 0 Å². The van der Waals surface area contributed by atoms with E-state index in [9.17, 15) is 5.11 Å². The predicted molar refractivity (Wildman–Crippen MR) is 78.9 cm³/mol. The fraction of sp³-hybridized carbons (Fsp3) is 0.412. The number of nitrogens with one attached hydrogen (secondary N) is 1. The molecule has 0 saturated heterocycles. The van der Waals surface area contributed by atoms with Gasteiger partial charge >= 0.3 is 0 Å². The molecular formula is C17H21NO2. The van der Waals surface area contributed by atoms with Crippen LogP contribution in [0.2, 0.25) is 0 Å². The van der Waals surface area contributed by atoms with Crippen LogP contribution in [0.4, 0.5) is 0 Å². The predicted octanol–water partition coefficient (Wildman–Crippen LogP) is 4.19. The summed E-state index contributed by atoms with van der Waals surface area (Å²) in [5.41, 5.74) is 3.63. The molecule has 0 saturated carbocycles. The summed E-state index contributed by atoms with van der Waals surface area (Å²) in [6.45, 7) is 6.44. The molecule has 20 heavy (non-hydrogen) atoms. The first-order valence-corrected chi connectivity index (χ1v) is 7.19. The number of hydrogen-bond donors (Lipinski definition) is 2. The Morgan fingerprint density at radius 1 is 1.30 bits per heavy atom. The Hall–Kier alpha value is -1.74. The van der Waals surface area contributed by atoms with E-state index >= 15 is 0 Å². The second-order valence-electron chi connectivity index (χ2n) is 5.82. The summed E-state index contributed by atoms with van der Waals surface area (Å²) in [5, 5.41) is 13.8. The minimum Gasteiger partial charge on any atom is -0.508 e. The summed E-state index contributed by atoms with van der Waals surface area (Å²) < 4.78 is 5.45. The van der Waals surface area contributed by atoms with E-state index in [4.69, 9.17) is 4.42 Å². The summed E-state index contributed by atoms with van der Waals surface area (Å²) in [6, 6.07) is 8.00. The molecule has 3 atom stereocenters. The largest absolute Gasteiger partial charge is 0.508 e. The monoisotopic (exact) mass is 271 g/mol. The van der Waals surface area contributed by atoms with Crippen molar-refractivity contribution >= 4 is 0 Å². The molecule has 106 valence electrons. The number of aryl methyl sites for hydroxylation is 1. The maximum atomic E-state index is 10.2. The van der Waals surface area contributed by atoms with Gasteiger partial charge in [-0.15, -0.1) is 0 Å².